The van der Waals surface area contributed by atoms with Gasteiger partial charge in [-0.3, -0.25) is 14.9 Å². The third-order valence-corrected chi connectivity index (χ3v) is 5.35. The van der Waals surface area contributed by atoms with E-state index in [-0.39, 0.29) is 17.0 Å². The molecular weight excluding hydrogens is 410 g/mol. The Balaban J connectivity index is 1.61. The predicted octanol–water partition coefficient (Wildman–Crippen LogP) is 3.06. The Morgan fingerprint density at radius 1 is 1.17 bits per heavy atom. The second kappa shape index (κ2) is 9.11. The highest BCUT2D eigenvalue weighted by atomic mass is 32.2. The molecular formula is C20H15N3O6S. The molecule has 30 heavy (non-hydrogen) atoms. The maximum atomic E-state index is 12.5. The second-order valence-electron chi connectivity index (χ2n) is 6.02. The van der Waals surface area contributed by atoms with Gasteiger partial charge in [-0.1, -0.05) is 36.0 Å². The molecule has 9 nitrogen and oxygen atoms in total. The lowest BCUT2D eigenvalue weighted by Crippen LogP contribution is -2.22. The van der Waals surface area contributed by atoms with E-state index < -0.39 is 29.9 Å². The highest BCUT2D eigenvalue weighted by molar-refractivity contribution is 8.03. The van der Waals surface area contributed by atoms with Gasteiger partial charge in [0, 0.05) is 18.0 Å². The quantitative estimate of drug-likeness (QED) is 0.216. The molecule has 0 aliphatic carbocycles. The van der Waals surface area contributed by atoms with E-state index in [2.05, 4.69) is 0 Å². The molecule has 1 aliphatic heterocycles. The SMILES string of the molecule is CN1/C(=C(\C#N)C(=O)COC(=O)COc2ccccc2[N+](=O)[O-])Sc2ccccc21. The van der Waals surface area contributed by atoms with E-state index in [1.54, 1.807) is 11.9 Å². The summed E-state index contributed by atoms with van der Waals surface area (Å²) in [6, 6.07) is 14.9. The molecule has 152 valence electrons. The summed E-state index contributed by atoms with van der Waals surface area (Å²) in [5.74, 6) is -1.63. The van der Waals surface area contributed by atoms with Gasteiger partial charge in [-0.2, -0.15) is 5.26 Å². The van der Waals surface area contributed by atoms with E-state index in [0.29, 0.717) is 5.03 Å². The Labute approximate surface area is 175 Å². The van der Waals surface area contributed by atoms with Crippen molar-refractivity contribution >= 4 is 34.9 Å². The first-order valence-electron chi connectivity index (χ1n) is 8.62. The number of hydrogen-bond acceptors (Lipinski definition) is 9. The molecule has 0 fully saturated rings. The molecule has 0 N–H and O–H groups in total. The first-order chi connectivity index (χ1) is 14.4. The smallest absolute Gasteiger partial charge is 0.344 e. The van der Waals surface area contributed by atoms with Crippen molar-refractivity contribution < 1.29 is 24.0 Å². The van der Waals surface area contributed by atoms with Gasteiger partial charge in [-0.25, -0.2) is 4.79 Å². The standard InChI is InChI=1S/C20H15N3O6S/c1-22-15-7-3-5-9-18(15)30-20(22)13(10-21)16(24)11-29-19(25)12-28-17-8-4-2-6-14(17)23(26)27/h2-9H,11-12H2,1H3/b20-13-. The molecule has 0 unspecified atom stereocenters. The summed E-state index contributed by atoms with van der Waals surface area (Å²) in [6.07, 6.45) is 0. The van der Waals surface area contributed by atoms with E-state index in [9.17, 15) is 25.0 Å². The van der Waals surface area contributed by atoms with Crippen LogP contribution in [0.2, 0.25) is 0 Å². The van der Waals surface area contributed by atoms with Crippen LogP contribution < -0.4 is 9.64 Å². The third kappa shape index (κ3) is 4.42. The molecule has 3 rings (SSSR count). The minimum Gasteiger partial charge on any atom is -0.475 e. The number of nitro groups is 1. The Kier molecular flexibility index (Phi) is 6.34. The van der Waals surface area contributed by atoms with Crippen LogP contribution >= 0.6 is 11.8 Å². The summed E-state index contributed by atoms with van der Waals surface area (Å²) in [7, 11) is 1.74. The molecule has 0 aromatic heterocycles. The van der Waals surface area contributed by atoms with Gasteiger partial charge in [0.2, 0.25) is 5.78 Å². The monoisotopic (exact) mass is 425 g/mol. The Hall–Kier alpha value is -3.84. The number of para-hydroxylation sites is 3. The molecule has 10 heteroatoms. The van der Waals surface area contributed by atoms with Gasteiger partial charge in [0.15, 0.2) is 19.0 Å². The minimum absolute atomic E-state index is 0.0904. The van der Waals surface area contributed by atoms with Crippen LogP contribution in [0.25, 0.3) is 0 Å². The predicted molar refractivity (Wildman–Crippen MR) is 108 cm³/mol. The highest BCUT2D eigenvalue weighted by Crippen LogP contribution is 2.46. The number of ketones is 1. The lowest BCUT2D eigenvalue weighted by Gasteiger charge is -2.14. The number of esters is 1. The van der Waals surface area contributed by atoms with E-state index in [4.69, 9.17) is 9.47 Å². The van der Waals surface area contributed by atoms with Gasteiger partial charge in [-0.05, 0) is 18.2 Å². The van der Waals surface area contributed by atoms with Gasteiger partial charge in [-0.15, -0.1) is 0 Å². The number of fused-ring (bicyclic) bond motifs is 1. The lowest BCUT2D eigenvalue weighted by molar-refractivity contribution is -0.385. The number of Topliss-reactive ketones (excluding diaryl/α,β-unsaturated/α-hetero) is 1. The maximum absolute atomic E-state index is 12.5. The van der Waals surface area contributed by atoms with Crippen LogP contribution in [0.4, 0.5) is 11.4 Å². The van der Waals surface area contributed by atoms with Crippen LogP contribution in [-0.4, -0.2) is 36.9 Å². The van der Waals surface area contributed by atoms with E-state index in [1.807, 2.05) is 30.3 Å². The van der Waals surface area contributed by atoms with E-state index in [1.165, 1.54) is 36.0 Å². The molecule has 0 radical (unpaired) electrons. The lowest BCUT2D eigenvalue weighted by atomic mass is 10.2. The summed E-state index contributed by atoms with van der Waals surface area (Å²) in [5, 5.41) is 20.9. The summed E-state index contributed by atoms with van der Waals surface area (Å²) in [4.78, 5) is 37.3. The highest BCUT2D eigenvalue weighted by Gasteiger charge is 2.28. The van der Waals surface area contributed by atoms with Crippen LogP contribution in [0.3, 0.4) is 0 Å². The van der Waals surface area contributed by atoms with Crippen LogP contribution in [0.15, 0.2) is 64.0 Å². The average molecular weight is 425 g/mol. The van der Waals surface area contributed by atoms with Gasteiger partial charge >= 0.3 is 11.7 Å². The number of thioether (sulfide) groups is 1. The molecule has 1 heterocycles. The van der Waals surface area contributed by atoms with Crippen LogP contribution in [0.1, 0.15) is 0 Å². The fraction of sp³-hybridized carbons (Fsp3) is 0.150. The summed E-state index contributed by atoms with van der Waals surface area (Å²) < 4.78 is 10.0. The van der Waals surface area contributed by atoms with Crippen molar-refractivity contribution in [1.29, 1.82) is 5.26 Å². The molecule has 0 atom stereocenters. The van der Waals surface area contributed by atoms with Gasteiger partial charge < -0.3 is 14.4 Å². The number of ether oxygens (including phenoxy) is 2. The normalized spacial score (nSPS) is 13.8. The Morgan fingerprint density at radius 3 is 2.57 bits per heavy atom. The second-order valence-corrected chi connectivity index (χ2v) is 7.05. The Morgan fingerprint density at radius 2 is 1.87 bits per heavy atom. The van der Waals surface area contributed by atoms with Crippen LogP contribution in [0, 0.1) is 21.4 Å². The number of rotatable bonds is 7. The Bertz CT molecular complexity index is 1090. The molecule has 0 amide bonds. The average Bonchev–Trinajstić information content (AvgIpc) is 3.08. The topological polar surface area (TPSA) is 123 Å². The minimum atomic E-state index is -0.889. The molecule has 2 aromatic rings. The maximum Gasteiger partial charge on any atom is 0.344 e. The van der Waals surface area contributed by atoms with Crippen molar-refractivity contribution in [2.24, 2.45) is 0 Å². The van der Waals surface area contributed by atoms with Crippen molar-refractivity contribution in [2.45, 2.75) is 4.90 Å². The number of hydrogen-bond donors (Lipinski definition) is 0. The summed E-state index contributed by atoms with van der Waals surface area (Å²) in [6.45, 7) is -1.26. The molecule has 1 aliphatic rings. The zero-order valence-electron chi connectivity index (χ0n) is 15.7. The third-order valence-electron chi connectivity index (χ3n) is 4.11. The van der Waals surface area contributed by atoms with Crippen LogP contribution in [0.5, 0.6) is 5.75 Å². The molecule has 0 saturated carbocycles. The van der Waals surface area contributed by atoms with Crippen molar-refractivity contribution in [3.05, 3.63) is 69.2 Å². The number of benzene rings is 2. The van der Waals surface area contributed by atoms with Crippen molar-refractivity contribution in [1.82, 2.24) is 0 Å². The number of nitrogens with zero attached hydrogens (tertiary/aromatic N) is 3. The first-order valence-corrected chi connectivity index (χ1v) is 9.44. The molecule has 0 spiro atoms. The van der Waals surface area contributed by atoms with Gasteiger partial charge in [0.25, 0.3) is 0 Å². The molecule has 0 saturated heterocycles. The van der Waals surface area contributed by atoms with Gasteiger partial charge in [0.1, 0.15) is 16.7 Å². The first kappa shape index (κ1) is 20.9. The van der Waals surface area contributed by atoms with Crippen molar-refractivity contribution in [2.75, 3.05) is 25.2 Å². The molecule has 0 bridgehead atoms. The summed E-state index contributed by atoms with van der Waals surface area (Å²) >= 11 is 1.28. The number of carbonyl (C=O) groups excluding carboxylic acids is 2. The molecule has 2 aromatic carbocycles. The fourth-order valence-corrected chi connectivity index (χ4v) is 3.84. The number of anilines is 1. The number of nitriles is 1. The largest absolute Gasteiger partial charge is 0.475 e. The van der Waals surface area contributed by atoms with Crippen LogP contribution in [-0.2, 0) is 14.3 Å². The van der Waals surface area contributed by atoms with Crippen molar-refractivity contribution in [3.63, 3.8) is 0 Å². The fourth-order valence-electron chi connectivity index (χ4n) is 2.68. The van der Waals surface area contributed by atoms with Gasteiger partial charge in [0.05, 0.1) is 10.6 Å². The zero-order chi connectivity index (χ0) is 21.7. The van der Waals surface area contributed by atoms with E-state index in [0.717, 1.165) is 10.6 Å². The van der Waals surface area contributed by atoms with E-state index >= 15 is 0 Å². The number of carbonyl (C=O) groups is 2. The van der Waals surface area contributed by atoms with Crippen molar-refractivity contribution in [3.8, 4) is 11.8 Å². The summed E-state index contributed by atoms with van der Waals surface area (Å²) in [5.41, 5.74) is 0.456. The zero-order valence-corrected chi connectivity index (χ0v) is 16.5. The number of nitro benzene ring substituents is 1.